The Morgan fingerprint density at radius 2 is 1.69 bits per heavy atom. The van der Waals surface area contributed by atoms with Crippen LogP contribution in [0.15, 0.2) is 11.1 Å². The summed E-state index contributed by atoms with van der Waals surface area (Å²) in [5, 5.41) is 0. The second-order valence-electron chi connectivity index (χ2n) is 5.22. The molecule has 1 heteroatoms. The van der Waals surface area contributed by atoms with Gasteiger partial charge >= 0.3 is 0 Å². The third-order valence-electron chi connectivity index (χ3n) is 2.71. The molecule has 0 bridgehead atoms. The van der Waals surface area contributed by atoms with Crippen LogP contribution in [0, 0.1) is 11.3 Å². The molecule has 0 saturated carbocycles. The minimum Gasteiger partial charge on any atom is -0.295 e. The van der Waals surface area contributed by atoms with Crippen LogP contribution in [0.2, 0.25) is 0 Å². The number of carbonyl (C=O) groups is 1. The van der Waals surface area contributed by atoms with Gasteiger partial charge in [0.25, 0.3) is 0 Å². The topological polar surface area (TPSA) is 17.1 Å². The summed E-state index contributed by atoms with van der Waals surface area (Å²) in [5.41, 5.74) is 2.66. The lowest BCUT2D eigenvalue weighted by atomic mass is 9.82. The van der Waals surface area contributed by atoms with Crippen molar-refractivity contribution in [1.82, 2.24) is 0 Å². The third-order valence-corrected chi connectivity index (χ3v) is 2.71. The summed E-state index contributed by atoms with van der Waals surface area (Å²) >= 11 is 0. The maximum Gasteiger partial charge on any atom is 0.159 e. The summed E-state index contributed by atoms with van der Waals surface area (Å²) < 4.78 is 0. The van der Waals surface area contributed by atoms with E-state index in [-0.39, 0.29) is 5.41 Å². The first kappa shape index (κ1) is 10.5. The Bertz CT molecular complexity index is 251. The van der Waals surface area contributed by atoms with Gasteiger partial charge in [-0.15, -0.1) is 0 Å². The fraction of sp³-hybridized carbons (Fsp3) is 0.750. The molecule has 0 fully saturated rings. The smallest absolute Gasteiger partial charge is 0.159 e. The average Bonchev–Trinajstić information content (AvgIpc) is 2.28. The molecule has 74 valence electrons. The fourth-order valence-corrected chi connectivity index (χ4v) is 2.13. The lowest BCUT2D eigenvalue weighted by Crippen LogP contribution is -2.12. The Balaban J connectivity index is 3.10. The van der Waals surface area contributed by atoms with E-state index in [2.05, 4.69) is 34.6 Å². The standard InChI is InChI=1S/C12H20O/c1-8(2)11-9(12(3,4)5)6-7-10(11)13/h8H,6-7H2,1-5H3. The van der Waals surface area contributed by atoms with Crippen molar-refractivity contribution < 1.29 is 4.79 Å². The van der Waals surface area contributed by atoms with Gasteiger partial charge in [0.1, 0.15) is 0 Å². The number of rotatable bonds is 1. The van der Waals surface area contributed by atoms with Gasteiger partial charge in [-0.3, -0.25) is 4.79 Å². The Morgan fingerprint density at radius 3 is 2.00 bits per heavy atom. The minimum atomic E-state index is 0.172. The van der Waals surface area contributed by atoms with E-state index in [4.69, 9.17) is 0 Å². The molecule has 0 aromatic carbocycles. The molecular weight excluding hydrogens is 160 g/mol. The molecule has 0 spiro atoms. The molecule has 0 atom stereocenters. The Hall–Kier alpha value is -0.590. The first-order chi connectivity index (χ1) is 5.84. The van der Waals surface area contributed by atoms with Gasteiger partial charge in [-0.1, -0.05) is 40.2 Å². The molecule has 0 unspecified atom stereocenters. The Kier molecular flexibility index (Phi) is 2.65. The van der Waals surface area contributed by atoms with Crippen LogP contribution in [-0.4, -0.2) is 5.78 Å². The molecule has 0 radical (unpaired) electrons. The maximum atomic E-state index is 11.6. The normalized spacial score (nSPS) is 19.1. The quantitative estimate of drug-likeness (QED) is 0.605. The van der Waals surface area contributed by atoms with E-state index in [9.17, 15) is 4.79 Å². The highest BCUT2D eigenvalue weighted by atomic mass is 16.1. The van der Waals surface area contributed by atoms with Gasteiger partial charge in [0.05, 0.1) is 0 Å². The highest BCUT2D eigenvalue weighted by Gasteiger charge is 2.31. The summed E-state index contributed by atoms with van der Waals surface area (Å²) in [6, 6.07) is 0. The molecule has 13 heavy (non-hydrogen) atoms. The number of hydrogen-bond acceptors (Lipinski definition) is 1. The fourth-order valence-electron chi connectivity index (χ4n) is 2.13. The van der Waals surface area contributed by atoms with Gasteiger partial charge in [0.2, 0.25) is 0 Å². The summed E-state index contributed by atoms with van der Waals surface area (Å²) in [5.74, 6) is 0.768. The molecule has 1 aliphatic carbocycles. The molecule has 0 aromatic rings. The molecule has 0 saturated heterocycles. The number of hydrogen-bond donors (Lipinski definition) is 0. The molecule has 0 amide bonds. The van der Waals surface area contributed by atoms with Crippen LogP contribution in [0.3, 0.4) is 0 Å². The lowest BCUT2D eigenvalue weighted by Gasteiger charge is -2.23. The largest absolute Gasteiger partial charge is 0.295 e. The maximum absolute atomic E-state index is 11.6. The molecule has 0 aliphatic heterocycles. The summed E-state index contributed by atoms with van der Waals surface area (Å²) in [4.78, 5) is 11.6. The molecule has 0 heterocycles. The van der Waals surface area contributed by atoms with Gasteiger partial charge in [0.15, 0.2) is 5.78 Å². The Labute approximate surface area is 81.2 Å². The zero-order valence-corrected chi connectivity index (χ0v) is 9.40. The summed E-state index contributed by atoms with van der Waals surface area (Å²) in [7, 11) is 0. The van der Waals surface area contributed by atoms with E-state index < -0.39 is 0 Å². The van der Waals surface area contributed by atoms with Gasteiger partial charge in [-0.25, -0.2) is 0 Å². The first-order valence-electron chi connectivity index (χ1n) is 5.10. The highest BCUT2D eigenvalue weighted by Crippen LogP contribution is 2.39. The average molecular weight is 180 g/mol. The van der Waals surface area contributed by atoms with Crippen molar-refractivity contribution in [2.24, 2.45) is 11.3 Å². The minimum absolute atomic E-state index is 0.172. The van der Waals surface area contributed by atoms with Crippen LogP contribution in [0.25, 0.3) is 0 Å². The lowest BCUT2D eigenvalue weighted by molar-refractivity contribution is -0.115. The van der Waals surface area contributed by atoms with E-state index >= 15 is 0 Å². The molecule has 1 rings (SSSR count). The molecule has 1 aliphatic rings. The number of carbonyl (C=O) groups excluding carboxylic acids is 1. The third kappa shape index (κ3) is 2.01. The van der Waals surface area contributed by atoms with Crippen LogP contribution in [0.5, 0.6) is 0 Å². The zero-order chi connectivity index (χ0) is 10.2. The van der Waals surface area contributed by atoms with Crippen molar-refractivity contribution in [3.63, 3.8) is 0 Å². The monoisotopic (exact) mass is 180 g/mol. The zero-order valence-electron chi connectivity index (χ0n) is 9.40. The van der Waals surface area contributed by atoms with E-state index in [1.165, 1.54) is 5.57 Å². The van der Waals surface area contributed by atoms with Gasteiger partial charge in [0, 0.05) is 6.42 Å². The molecule has 1 nitrogen and oxygen atoms in total. The van der Waals surface area contributed by atoms with Crippen molar-refractivity contribution in [3.05, 3.63) is 11.1 Å². The number of allylic oxidation sites excluding steroid dienone is 2. The van der Waals surface area contributed by atoms with E-state index in [0.29, 0.717) is 11.7 Å². The SMILES string of the molecule is CC(C)C1=C(C(C)(C)C)CCC1=O. The van der Waals surface area contributed by atoms with Crippen molar-refractivity contribution in [1.29, 1.82) is 0 Å². The van der Waals surface area contributed by atoms with Crippen LogP contribution < -0.4 is 0 Å². The van der Waals surface area contributed by atoms with Crippen molar-refractivity contribution in [2.75, 3.05) is 0 Å². The van der Waals surface area contributed by atoms with E-state index in [1.54, 1.807) is 0 Å². The van der Waals surface area contributed by atoms with Crippen LogP contribution in [0.4, 0.5) is 0 Å². The van der Waals surface area contributed by atoms with Crippen molar-refractivity contribution in [3.8, 4) is 0 Å². The number of Topliss-reactive ketones (excluding diaryl/α,β-unsaturated/α-hetero) is 1. The predicted octanol–water partition coefficient (Wildman–Crippen LogP) is 3.35. The first-order valence-corrected chi connectivity index (χ1v) is 5.10. The Morgan fingerprint density at radius 1 is 1.15 bits per heavy atom. The van der Waals surface area contributed by atoms with E-state index in [0.717, 1.165) is 18.4 Å². The summed E-state index contributed by atoms with van der Waals surface area (Å²) in [6.45, 7) is 10.8. The van der Waals surface area contributed by atoms with Crippen LogP contribution in [-0.2, 0) is 4.79 Å². The van der Waals surface area contributed by atoms with Gasteiger partial charge in [-0.05, 0) is 23.3 Å². The second kappa shape index (κ2) is 3.28. The van der Waals surface area contributed by atoms with Crippen molar-refractivity contribution in [2.45, 2.75) is 47.5 Å². The predicted molar refractivity (Wildman–Crippen MR) is 55.6 cm³/mol. The van der Waals surface area contributed by atoms with Crippen molar-refractivity contribution >= 4 is 5.78 Å². The van der Waals surface area contributed by atoms with Crippen LogP contribution >= 0.6 is 0 Å². The highest BCUT2D eigenvalue weighted by molar-refractivity contribution is 5.99. The second-order valence-corrected chi connectivity index (χ2v) is 5.22. The molecule has 0 aromatic heterocycles. The molecular formula is C12H20O. The molecule has 0 N–H and O–H groups in total. The van der Waals surface area contributed by atoms with Gasteiger partial charge < -0.3 is 0 Å². The van der Waals surface area contributed by atoms with Crippen LogP contribution in [0.1, 0.15) is 47.5 Å². The summed E-state index contributed by atoms with van der Waals surface area (Å²) in [6.07, 6.45) is 1.72. The van der Waals surface area contributed by atoms with Gasteiger partial charge in [-0.2, -0.15) is 0 Å². The van der Waals surface area contributed by atoms with E-state index in [1.807, 2.05) is 0 Å². The number of ketones is 1.